The Labute approximate surface area is 154 Å². The van der Waals surface area contributed by atoms with Gasteiger partial charge in [-0.15, -0.1) is 0 Å². The first kappa shape index (κ1) is 21.2. The smallest absolute Gasteiger partial charge is 0.339 e. The van der Waals surface area contributed by atoms with Crippen molar-refractivity contribution in [2.75, 3.05) is 0 Å². The monoisotopic (exact) mass is 342 g/mol. The van der Waals surface area contributed by atoms with Crippen LogP contribution in [0.15, 0.2) is 30.4 Å². The summed E-state index contributed by atoms with van der Waals surface area (Å²) in [6.45, 7) is 10.1. The lowest BCUT2D eigenvalue weighted by molar-refractivity contribution is 0.00693. The van der Waals surface area contributed by atoms with Crippen LogP contribution in [0.4, 0.5) is 0 Å². The predicted octanol–water partition coefficient (Wildman–Crippen LogP) is 7.05. The second-order valence-electron chi connectivity index (χ2n) is 7.44. The third-order valence-electron chi connectivity index (χ3n) is 3.75. The van der Waals surface area contributed by atoms with E-state index >= 15 is 0 Å². The minimum absolute atomic E-state index is 0.260. The number of hydrogen-bond donors (Lipinski definition) is 0. The average Bonchev–Trinajstić information content (AvgIpc) is 2.54. The van der Waals surface area contributed by atoms with E-state index in [0.717, 1.165) is 30.4 Å². The van der Waals surface area contributed by atoms with Crippen molar-refractivity contribution in [3.8, 4) is 0 Å². The van der Waals surface area contributed by atoms with E-state index in [4.69, 9.17) is 4.74 Å². The largest absolute Gasteiger partial charge is 0.456 e. The molecule has 0 amide bonds. The van der Waals surface area contributed by atoms with E-state index in [1.807, 2.05) is 32.9 Å². The molecule has 0 aromatic heterocycles. The van der Waals surface area contributed by atoms with Crippen molar-refractivity contribution < 1.29 is 9.53 Å². The molecule has 0 saturated heterocycles. The van der Waals surface area contributed by atoms with E-state index in [1.54, 1.807) is 0 Å². The van der Waals surface area contributed by atoms with Crippen molar-refractivity contribution in [3.63, 3.8) is 0 Å². The number of unbranched alkanes of at least 4 members (excludes halogenated alkanes) is 4. The van der Waals surface area contributed by atoms with Crippen molar-refractivity contribution in [1.29, 1.82) is 0 Å². The molecule has 1 aromatic rings. The summed E-state index contributed by atoms with van der Waals surface area (Å²) >= 11 is 0. The highest BCUT2D eigenvalue weighted by Gasteiger charge is 2.19. The molecule has 0 aliphatic heterocycles. The zero-order chi connectivity index (χ0) is 18.7. The molecule has 0 saturated carbocycles. The highest BCUT2D eigenvalue weighted by atomic mass is 16.6. The van der Waals surface area contributed by atoms with Gasteiger partial charge in [0, 0.05) is 0 Å². The summed E-state index contributed by atoms with van der Waals surface area (Å²) in [6, 6.07) is 5.95. The Hall–Kier alpha value is -1.83. The number of benzene rings is 1. The zero-order valence-electron chi connectivity index (χ0n) is 16.6. The van der Waals surface area contributed by atoms with Gasteiger partial charge in [0.05, 0.1) is 5.56 Å². The number of allylic oxidation sites excluding steroid dienone is 2. The molecule has 0 aliphatic carbocycles. The fraction of sp³-hybridized carbons (Fsp3) is 0.522. The molecule has 0 heterocycles. The van der Waals surface area contributed by atoms with Crippen molar-refractivity contribution >= 4 is 18.1 Å². The Kier molecular flexibility index (Phi) is 9.26. The fourth-order valence-electron chi connectivity index (χ4n) is 2.42. The molecule has 0 spiro atoms. The fourth-order valence-corrected chi connectivity index (χ4v) is 2.42. The maximum absolute atomic E-state index is 12.5. The van der Waals surface area contributed by atoms with Crippen molar-refractivity contribution in [2.24, 2.45) is 0 Å². The van der Waals surface area contributed by atoms with Gasteiger partial charge in [-0.1, -0.05) is 69.9 Å². The summed E-state index contributed by atoms with van der Waals surface area (Å²) in [5, 5.41) is 0. The minimum Gasteiger partial charge on any atom is -0.456 e. The molecule has 2 heteroatoms. The molecule has 0 aliphatic rings. The lowest BCUT2D eigenvalue weighted by Gasteiger charge is -2.20. The van der Waals surface area contributed by atoms with Crippen molar-refractivity contribution in [1.82, 2.24) is 0 Å². The Morgan fingerprint density at radius 1 is 1.00 bits per heavy atom. The van der Waals surface area contributed by atoms with Crippen molar-refractivity contribution in [3.05, 3.63) is 47.0 Å². The van der Waals surface area contributed by atoms with Crippen LogP contribution in [-0.4, -0.2) is 11.6 Å². The zero-order valence-corrected chi connectivity index (χ0v) is 16.6. The first-order chi connectivity index (χ1) is 11.9. The van der Waals surface area contributed by atoms with Gasteiger partial charge in [-0.05, 0) is 56.9 Å². The van der Waals surface area contributed by atoms with Crippen LogP contribution in [0.2, 0.25) is 0 Å². The normalized spacial score (nSPS) is 12.2. The Morgan fingerprint density at radius 2 is 1.60 bits per heavy atom. The summed E-state index contributed by atoms with van der Waals surface area (Å²) in [4.78, 5) is 12.5. The lowest BCUT2D eigenvalue weighted by Crippen LogP contribution is -2.24. The molecule has 0 unspecified atom stereocenters. The summed E-state index contributed by atoms with van der Waals surface area (Å²) in [5.74, 6) is -0.260. The Morgan fingerprint density at radius 3 is 2.16 bits per heavy atom. The van der Waals surface area contributed by atoms with Gasteiger partial charge in [-0.25, -0.2) is 4.79 Å². The third kappa shape index (κ3) is 8.72. The molecule has 0 fully saturated rings. The number of hydrogen-bond acceptors (Lipinski definition) is 2. The Bertz CT molecular complexity index is 589. The van der Waals surface area contributed by atoms with Gasteiger partial charge in [-0.2, -0.15) is 0 Å². The number of esters is 1. The number of ether oxygens (including phenoxy) is 1. The molecule has 1 rings (SSSR count). The molecule has 2 nitrogen and oxygen atoms in total. The second kappa shape index (κ2) is 10.9. The molecule has 25 heavy (non-hydrogen) atoms. The van der Waals surface area contributed by atoms with Crippen LogP contribution >= 0.6 is 0 Å². The molecule has 0 radical (unpaired) electrons. The number of carbonyl (C=O) groups is 1. The number of rotatable bonds is 9. The summed E-state index contributed by atoms with van der Waals surface area (Å²) < 4.78 is 5.55. The van der Waals surface area contributed by atoms with E-state index < -0.39 is 5.60 Å². The van der Waals surface area contributed by atoms with Gasteiger partial charge < -0.3 is 4.74 Å². The topological polar surface area (TPSA) is 26.3 Å². The van der Waals surface area contributed by atoms with Crippen LogP contribution in [0.5, 0.6) is 0 Å². The van der Waals surface area contributed by atoms with E-state index in [0.29, 0.717) is 5.56 Å². The minimum atomic E-state index is -0.487. The van der Waals surface area contributed by atoms with Gasteiger partial charge in [0.2, 0.25) is 0 Å². The van der Waals surface area contributed by atoms with Crippen LogP contribution in [0.1, 0.15) is 94.6 Å². The highest BCUT2D eigenvalue weighted by Crippen LogP contribution is 2.20. The molecule has 1 aromatic carbocycles. The van der Waals surface area contributed by atoms with E-state index in [2.05, 4.69) is 44.2 Å². The van der Waals surface area contributed by atoms with Crippen molar-refractivity contribution in [2.45, 2.75) is 78.7 Å². The third-order valence-corrected chi connectivity index (χ3v) is 3.75. The maximum Gasteiger partial charge on any atom is 0.339 e. The number of carbonyl (C=O) groups excluding carboxylic acids is 1. The van der Waals surface area contributed by atoms with Crippen LogP contribution in [0, 0.1) is 0 Å². The molecule has 138 valence electrons. The van der Waals surface area contributed by atoms with Crippen LogP contribution in [0.3, 0.4) is 0 Å². The quantitative estimate of drug-likeness (QED) is 0.355. The van der Waals surface area contributed by atoms with Gasteiger partial charge >= 0.3 is 5.97 Å². The summed E-state index contributed by atoms with van der Waals surface area (Å²) in [6.07, 6.45) is 15.4. The average molecular weight is 343 g/mol. The standard InChI is InChI=1S/C23H34O2/c1-6-8-10-12-14-19-16-17-21(22(24)25-23(3,4)5)20(18-19)15-13-11-9-7-2/h12-18H,6-11H2,1-5H3. The highest BCUT2D eigenvalue weighted by molar-refractivity contribution is 5.94. The van der Waals surface area contributed by atoms with Gasteiger partial charge in [0.15, 0.2) is 0 Å². The molecular weight excluding hydrogens is 308 g/mol. The summed E-state index contributed by atoms with van der Waals surface area (Å²) in [5.41, 5.74) is 2.20. The van der Waals surface area contributed by atoms with E-state index in [1.165, 1.54) is 19.3 Å². The van der Waals surface area contributed by atoms with E-state index in [9.17, 15) is 4.79 Å². The first-order valence-electron chi connectivity index (χ1n) is 9.58. The molecule has 0 atom stereocenters. The predicted molar refractivity (Wildman–Crippen MR) is 109 cm³/mol. The molecule has 0 N–H and O–H groups in total. The van der Waals surface area contributed by atoms with E-state index in [-0.39, 0.29) is 5.97 Å². The SMILES string of the molecule is CCCCC=Cc1ccc(C(=O)OC(C)(C)C)c(C=CCCCC)c1. The second-order valence-corrected chi connectivity index (χ2v) is 7.44. The van der Waals surface area contributed by atoms with Gasteiger partial charge in [-0.3, -0.25) is 0 Å². The van der Waals surface area contributed by atoms with Crippen LogP contribution in [0.25, 0.3) is 12.2 Å². The first-order valence-corrected chi connectivity index (χ1v) is 9.58. The van der Waals surface area contributed by atoms with Crippen LogP contribution in [-0.2, 0) is 4.74 Å². The maximum atomic E-state index is 12.5. The van der Waals surface area contributed by atoms with Crippen LogP contribution < -0.4 is 0 Å². The lowest BCUT2D eigenvalue weighted by atomic mass is 10.0. The molecule has 0 bridgehead atoms. The molecular formula is C23H34O2. The van der Waals surface area contributed by atoms with Gasteiger partial charge in [0.25, 0.3) is 0 Å². The van der Waals surface area contributed by atoms with Gasteiger partial charge in [0.1, 0.15) is 5.60 Å². The summed E-state index contributed by atoms with van der Waals surface area (Å²) in [7, 11) is 0. The Balaban J connectivity index is 3.03.